The highest BCUT2D eigenvalue weighted by atomic mass is 16.3. The number of nitrogens with zero attached hydrogens (tertiary/aromatic N) is 2. The van der Waals surface area contributed by atoms with E-state index in [1.54, 1.807) is 25.2 Å². The predicted octanol–water partition coefficient (Wildman–Crippen LogP) is 1.56. The summed E-state index contributed by atoms with van der Waals surface area (Å²) in [5.74, 6) is -0.275. The van der Waals surface area contributed by atoms with Gasteiger partial charge >= 0.3 is 0 Å². The number of likely N-dealkylation sites (N-methyl/N-ethyl adjacent to an activating group) is 1. The van der Waals surface area contributed by atoms with Gasteiger partial charge in [0.1, 0.15) is 5.69 Å². The van der Waals surface area contributed by atoms with Gasteiger partial charge in [0.05, 0.1) is 12.7 Å². The van der Waals surface area contributed by atoms with Crippen molar-refractivity contribution in [2.45, 2.75) is 33.8 Å². The summed E-state index contributed by atoms with van der Waals surface area (Å²) in [6.07, 6.45) is 0.617. The van der Waals surface area contributed by atoms with Gasteiger partial charge in [-0.25, -0.2) is 0 Å². The highest BCUT2D eigenvalue weighted by Crippen LogP contribution is 2.00. The first-order chi connectivity index (χ1) is 9.15. The minimum atomic E-state index is -0.914. The molecule has 0 saturated heterocycles. The highest BCUT2D eigenvalue weighted by molar-refractivity contribution is 5.92. The van der Waals surface area contributed by atoms with Crippen LogP contribution in [-0.4, -0.2) is 52.3 Å². The summed E-state index contributed by atoms with van der Waals surface area (Å²) in [4.78, 5) is 16.9. The minimum Gasteiger partial charge on any atom is -0.394 e. The van der Waals surface area contributed by atoms with E-state index in [4.69, 9.17) is 10.2 Å². The van der Waals surface area contributed by atoms with Crippen molar-refractivity contribution in [1.29, 1.82) is 0 Å². The van der Waals surface area contributed by atoms with Crippen molar-refractivity contribution in [3.8, 4) is 0 Å². The molecule has 1 unspecified atom stereocenters. The number of rotatable bonds is 4. The molecule has 0 spiro atoms. The van der Waals surface area contributed by atoms with Crippen molar-refractivity contribution in [3.05, 3.63) is 30.1 Å². The Hall–Kier alpha value is -1.46. The van der Waals surface area contributed by atoms with Crippen molar-refractivity contribution in [2.24, 2.45) is 0 Å². The average molecular weight is 270 g/mol. The van der Waals surface area contributed by atoms with Crippen LogP contribution in [0.15, 0.2) is 24.4 Å². The van der Waals surface area contributed by atoms with Gasteiger partial charge in [0.2, 0.25) is 0 Å². The average Bonchev–Trinajstić information content (AvgIpc) is 2.51. The molecular weight excluding hydrogens is 244 g/mol. The second-order valence-corrected chi connectivity index (χ2v) is 3.24. The molecule has 5 nitrogen and oxygen atoms in total. The fraction of sp³-hybridized carbons (Fsp3) is 0.571. The summed E-state index contributed by atoms with van der Waals surface area (Å²) in [7, 11) is 1.55. The maximum atomic E-state index is 11.7. The van der Waals surface area contributed by atoms with Crippen LogP contribution < -0.4 is 0 Å². The lowest BCUT2D eigenvalue weighted by atomic mass is 10.3. The van der Waals surface area contributed by atoms with Crippen LogP contribution >= 0.6 is 0 Å². The van der Waals surface area contributed by atoms with E-state index in [0.29, 0.717) is 5.69 Å². The summed E-state index contributed by atoms with van der Waals surface area (Å²) in [5, 5.41) is 17.8. The normalized spacial score (nSPS) is 10.3. The Morgan fingerprint density at radius 1 is 1.32 bits per heavy atom. The summed E-state index contributed by atoms with van der Waals surface area (Å²) >= 11 is 0. The summed E-state index contributed by atoms with van der Waals surface area (Å²) in [5.41, 5.74) is 0.324. The smallest absolute Gasteiger partial charge is 0.272 e. The quantitative estimate of drug-likeness (QED) is 0.870. The van der Waals surface area contributed by atoms with Crippen LogP contribution in [0.4, 0.5) is 0 Å². The largest absolute Gasteiger partial charge is 0.394 e. The molecule has 1 amide bonds. The fourth-order valence-electron chi connectivity index (χ4n) is 1.14. The Morgan fingerprint density at radius 2 is 1.89 bits per heavy atom. The molecule has 1 aromatic heterocycles. The molecule has 110 valence electrons. The molecule has 0 aliphatic carbocycles. The Morgan fingerprint density at radius 3 is 2.32 bits per heavy atom. The fourth-order valence-corrected chi connectivity index (χ4v) is 1.14. The van der Waals surface area contributed by atoms with Crippen molar-refractivity contribution in [2.75, 3.05) is 20.2 Å². The molecule has 0 bridgehead atoms. The van der Waals surface area contributed by atoms with Crippen LogP contribution in [0, 0.1) is 0 Å². The van der Waals surface area contributed by atoms with E-state index in [2.05, 4.69) is 4.98 Å². The lowest BCUT2D eigenvalue weighted by Crippen LogP contribution is -2.36. The third-order valence-corrected chi connectivity index (χ3v) is 1.93. The Labute approximate surface area is 115 Å². The van der Waals surface area contributed by atoms with E-state index in [1.807, 2.05) is 27.7 Å². The third kappa shape index (κ3) is 8.29. The number of pyridine rings is 1. The number of aliphatic hydroxyl groups excluding tert-OH is 2. The van der Waals surface area contributed by atoms with E-state index in [9.17, 15) is 4.79 Å². The summed E-state index contributed by atoms with van der Waals surface area (Å²) < 4.78 is 0. The van der Waals surface area contributed by atoms with Gasteiger partial charge in [0, 0.05) is 19.8 Å². The van der Waals surface area contributed by atoms with Gasteiger partial charge in [0.25, 0.3) is 5.91 Å². The topological polar surface area (TPSA) is 73.7 Å². The van der Waals surface area contributed by atoms with E-state index in [1.165, 1.54) is 11.1 Å². The monoisotopic (exact) mass is 270 g/mol. The van der Waals surface area contributed by atoms with Crippen LogP contribution in [0.25, 0.3) is 0 Å². The number of carbonyl (C=O) groups excluding carboxylic acids is 1. The molecule has 0 fully saturated rings. The standard InChI is InChI=1S/C10H14N2O3.2C2H6/c1-12(6-8(14)7-13)10(15)9-4-2-3-5-11-9;2*1-2/h2-5,8,13-14H,6-7H2,1H3;2*1-2H3. The molecule has 1 heterocycles. The molecule has 0 radical (unpaired) electrons. The highest BCUT2D eigenvalue weighted by Gasteiger charge is 2.15. The van der Waals surface area contributed by atoms with Gasteiger partial charge in [-0.3, -0.25) is 9.78 Å². The van der Waals surface area contributed by atoms with Gasteiger partial charge in [-0.1, -0.05) is 33.8 Å². The number of hydrogen-bond donors (Lipinski definition) is 2. The molecule has 0 aliphatic rings. The Bertz CT molecular complexity index is 318. The molecule has 19 heavy (non-hydrogen) atoms. The SMILES string of the molecule is CC.CC.CN(CC(O)CO)C(=O)c1ccccn1. The summed E-state index contributed by atoms with van der Waals surface area (Å²) in [6, 6.07) is 5.04. The minimum absolute atomic E-state index is 0.0892. The molecule has 2 N–H and O–H groups in total. The van der Waals surface area contributed by atoms with E-state index < -0.39 is 6.10 Å². The molecule has 0 aromatic carbocycles. The maximum Gasteiger partial charge on any atom is 0.272 e. The Balaban J connectivity index is 0. The van der Waals surface area contributed by atoms with Crippen molar-refractivity contribution < 1.29 is 15.0 Å². The molecule has 0 aliphatic heterocycles. The first-order valence-corrected chi connectivity index (χ1v) is 6.60. The number of aromatic nitrogens is 1. The first-order valence-electron chi connectivity index (χ1n) is 6.60. The molecule has 1 atom stereocenters. The number of amides is 1. The zero-order chi connectivity index (χ0) is 15.3. The zero-order valence-electron chi connectivity index (χ0n) is 12.5. The third-order valence-electron chi connectivity index (χ3n) is 1.93. The number of hydrogen-bond acceptors (Lipinski definition) is 4. The number of aliphatic hydroxyl groups is 2. The second kappa shape index (κ2) is 13.0. The maximum absolute atomic E-state index is 11.7. The Kier molecular flexibility index (Phi) is 13.6. The lowest BCUT2D eigenvalue weighted by Gasteiger charge is -2.19. The van der Waals surface area contributed by atoms with Crippen LogP contribution in [0.5, 0.6) is 0 Å². The van der Waals surface area contributed by atoms with E-state index >= 15 is 0 Å². The van der Waals surface area contributed by atoms with Crippen LogP contribution in [0.2, 0.25) is 0 Å². The molecule has 1 rings (SSSR count). The van der Waals surface area contributed by atoms with Gasteiger partial charge < -0.3 is 15.1 Å². The van der Waals surface area contributed by atoms with Crippen molar-refractivity contribution in [1.82, 2.24) is 9.88 Å². The molecule has 1 aromatic rings. The predicted molar refractivity (Wildman–Crippen MR) is 77.0 cm³/mol. The van der Waals surface area contributed by atoms with E-state index in [0.717, 1.165) is 0 Å². The van der Waals surface area contributed by atoms with Crippen LogP contribution in [0.3, 0.4) is 0 Å². The van der Waals surface area contributed by atoms with Gasteiger partial charge in [-0.05, 0) is 12.1 Å². The van der Waals surface area contributed by atoms with E-state index in [-0.39, 0.29) is 19.1 Å². The second-order valence-electron chi connectivity index (χ2n) is 3.24. The molecule has 0 saturated carbocycles. The zero-order valence-corrected chi connectivity index (χ0v) is 12.5. The van der Waals surface area contributed by atoms with Crippen molar-refractivity contribution >= 4 is 5.91 Å². The van der Waals surface area contributed by atoms with Crippen LogP contribution in [0.1, 0.15) is 38.2 Å². The first kappa shape index (κ1) is 19.9. The summed E-state index contributed by atoms with van der Waals surface area (Å²) in [6.45, 7) is 7.73. The molecule has 5 heteroatoms. The van der Waals surface area contributed by atoms with Gasteiger partial charge in [0.15, 0.2) is 0 Å². The lowest BCUT2D eigenvalue weighted by molar-refractivity contribution is 0.0516. The van der Waals surface area contributed by atoms with Crippen LogP contribution in [-0.2, 0) is 0 Å². The number of carbonyl (C=O) groups is 1. The van der Waals surface area contributed by atoms with Crippen molar-refractivity contribution in [3.63, 3.8) is 0 Å². The van der Waals surface area contributed by atoms with Gasteiger partial charge in [-0.15, -0.1) is 0 Å². The van der Waals surface area contributed by atoms with Gasteiger partial charge in [-0.2, -0.15) is 0 Å². The molecular formula is C14H26N2O3.